The molecule has 9 heavy (non-hydrogen) atoms. The lowest BCUT2D eigenvalue weighted by Crippen LogP contribution is -2.34. The molecule has 0 bridgehead atoms. The fraction of sp³-hybridized carbons (Fsp3) is 0.667. The number of rotatable bonds is 2. The zero-order chi connectivity index (χ0) is 6.91. The van der Waals surface area contributed by atoms with Crippen LogP contribution in [0.4, 0.5) is 0 Å². The topological polar surface area (TPSA) is 52.3 Å². The van der Waals surface area contributed by atoms with Gasteiger partial charge in [-0.05, 0) is 12.8 Å². The van der Waals surface area contributed by atoms with Crippen LogP contribution in [0.5, 0.6) is 0 Å². The lowest BCUT2D eigenvalue weighted by Gasteiger charge is -2.05. The summed E-state index contributed by atoms with van der Waals surface area (Å²) in [5, 5.41) is 0. The summed E-state index contributed by atoms with van der Waals surface area (Å²) < 4.78 is 4.48. The number of ether oxygens (including phenoxy) is 1. The van der Waals surface area contributed by atoms with Crippen LogP contribution < -0.4 is 5.73 Å². The summed E-state index contributed by atoms with van der Waals surface area (Å²) in [6.45, 7) is 4.88. The first-order valence-electron chi connectivity index (χ1n) is 2.85. The fourth-order valence-electron chi connectivity index (χ4n) is 0.558. The predicted molar refractivity (Wildman–Crippen MR) is 31.4 cm³/mol. The van der Waals surface area contributed by atoms with Crippen LogP contribution >= 0.6 is 0 Å². The van der Waals surface area contributed by atoms with Gasteiger partial charge in [0.2, 0.25) is 0 Å². The van der Waals surface area contributed by atoms with Crippen LogP contribution in [-0.4, -0.2) is 18.1 Å². The van der Waals surface area contributed by atoms with Gasteiger partial charge in [0.25, 0.3) is 0 Å². The van der Waals surface area contributed by atoms with Crippen LogP contribution in [0.25, 0.3) is 0 Å². The van der Waals surface area contributed by atoms with Crippen molar-refractivity contribution in [1.29, 1.82) is 0 Å². The number of hydrogen-bond acceptors (Lipinski definition) is 3. The predicted octanol–water partition coefficient (Wildman–Crippen LogP) is -0.268. The second kappa shape index (κ2) is 1.99. The standard InChI is InChI=1S/C6H9NO2/c1-2-9-5(8)6(7)3-4-6/h1H,2-4,7H2. The average molecular weight is 127 g/mol. The zero-order valence-corrected chi connectivity index (χ0v) is 5.09. The maximum absolute atomic E-state index is 10.7. The van der Waals surface area contributed by atoms with Gasteiger partial charge in [-0.2, -0.15) is 0 Å². The van der Waals surface area contributed by atoms with E-state index in [-0.39, 0.29) is 12.6 Å². The first kappa shape index (κ1) is 6.55. The molecule has 1 aliphatic carbocycles. The minimum atomic E-state index is -0.681. The third-order valence-electron chi connectivity index (χ3n) is 1.41. The molecule has 0 spiro atoms. The molecule has 1 saturated carbocycles. The van der Waals surface area contributed by atoms with Crippen LogP contribution in [0.1, 0.15) is 12.8 Å². The van der Waals surface area contributed by atoms with E-state index < -0.39 is 5.54 Å². The van der Waals surface area contributed by atoms with E-state index in [9.17, 15) is 4.79 Å². The highest BCUT2D eigenvalue weighted by molar-refractivity contribution is 5.83. The molecule has 2 radical (unpaired) electrons. The van der Waals surface area contributed by atoms with E-state index in [1.807, 2.05) is 0 Å². The van der Waals surface area contributed by atoms with Crippen molar-refractivity contribution < 1.29 is 9.53 Å². The Kier molecular flexibility index (Phi) is 1.45. The molecule has 0 aliphatic heterocycles. The normalized spacial score (nSPS) is 21.1. The molecule has 0 amide bonds. The highest BCUT2D eigenvalue weighted by atomic mass is 16.5. The van der Waals surface area contributed by atoms with Gasteiger partial charge in [0, 0.05) is 6.92 Å². The molecule has 0 unspecified atom stereocenters. The molecule has 0 saturated heterocycles. The third-order valence-corrected chi connectivity index (χ3v) is 1.41. The SMILES string of the molecule is [CH]COC(=O)C1(N)CC1. The van der Waals surface area contributed by atoms with E-state index in [0.717, 1.165) is 12.8 Å². The molecular weight excluding hydrogens is 118 g/mol. The lowest BCUT2D eigenvalue weighted by molar-refractivity contribution is -0.145. The van der Waals surface area contributed by atoms with Crippen LogP contribution in [0.3, 0.4) is 0 Å². The molecule has 1 rings (SSSR count). The van der Waals surface area contributed by atoms with Gasteiger partial charge in [0.05, 0.1) is 6.61 Å². The third kappa shape index (κ3) is 1.21. The number of nitrogens with two attached hydrogens (primary N) is 1. The Hall–Kier alpha value is -0.570. The molecule has 0 aromatic carbocycles. The summed E-state index contributed by atoms with van der Waals surface area (Å²) in [7, 11) is 0. The Bertz CT molecular complexity index is 129. The van der Waals surface area contributed by atoms with Crippen LogP contribution in [0.2, 0.25) is 0 Å². The molecule has 0 heterocycles. The van der Waals surface area contributed by atoms with Gasteiger partial charge in [-0.3, -0.25) is 4.79 Å². The Morgan fingerprint density at radius 3 is 2.67 bits per heavy atom. The van der Waals surface area contributed by atoms with Crippen molar-refractivity contribution >= 4 is 5.97 Å². The fourth-order valence-corrected chi connectivity index (χ4v) is 0.558. The summed E-state index contributed by atoms with van der Waals surface area (Å²) in [5.74, 6) is -0.370. The van der Waals surface area contributed by atoms with Crippen molar-refractivity contribution in [3.8, 4) is 0 Å². The molecule has 50 valence electrons. The van der Waals surface area contributed by atoms with Crippen LogP contribution in [0.15, 0.2) is 0 Å². The van der Waals surface area contributed by atoms with E-state index in [1.165, 1.54) is 0 Å². The maximum Gasteiger partial charge on any atom is 0.326 e. The minimum absolute atomic E-state index is 0.0716. The molecule has 1 fully saturated rings. The summed E-state index contributed by atoms with van der Waals surface area (Å²) >= 11 is 0. The van der Waals surface area contributed by atoms with E-state index in [1.54, 1.807) is 0 Å². The zero-order valence-electron chi connectivity index (χ0n) is 5.09. The first-order chi connectivity index (χ1) is 4.19. The van der Waals surface area contributed by atoms with Gasteiger partial charge in [-0.25, -0.2) is 0 Å². The number of hydrogen-bond donors (Lipinski definition) is 1. The van der Waals surface area contributed by atoms with Crippen LogP contribution in [0, 0.1) is 6.92 Å². The molecule has 0 atom stereocenters. The average Bonchev–Trinajstić information content (AvgIpc) is 2.50. The van der Waals surface area contributed by atoms with E-state index in [4.69, 9.17) is 12.7 Å². The Morgan fingerprint density at radius 1 is 1.78 bits per heavy atom. The van der Waals surface area contributed by atoms with Gasteiger partial charge in [0.1, 0.15) is 5.54 Å². The van der Waals surface area contributed by atoms with Crippen LogP contribution in [-0.2, 0) is 9.53 Å². The van der Waals surface area contributed by atoms with Crippen molar-refractivity contribution in [3.63, 3.8) is 0 Å². The second-order valence-electron chi connectivity index (χ2n) is 2.25. The van der Waals surface area contributed by atoms with Crippen molar-refractivity contribution in [1.82, 2.24) is 0 Å². The first-order valence-corrected chi connectivity index (χ1v) is 2.85. The summed E-state index contributed by atoms with van der Waals surface area (Å²) in [4.78, 5) is 10.7. The molecule has 0 aromatic heterocycles. The summed E-state index contributed by atoms with van der Waals surface area (Å²) in [6.07, 6.45) is 1.46. The molecule has 2 N–H and O–H groups in total. The Labute approximate surface area is 54.2 Å². The highest BCUT2D eigenvalue weighted by Crippen LogP contribution is 2.33. The second-order valence-corrected chi connectivity index (χ2v) is 2.25. The van der Waals surface area contributed by atoms with Gasteiger partial charge in [-0.15, -0.1) is 0 Å². The lowest BCUT2D eigenvalue weighted by atomic mass is 10.3. The number of carbonyl (C=O) groups excluding carboxylic acids is 1. The van der Waals surface area contributed by atoms with Gasteiger partial charge in [0.15, 0.2) is 0 Å². The summed E-state index contributed by atoms with van der Waals surface area (Å²) in [6, 6.07) is 0. The molecule has 0 aromatic rings. The molecule has 3 heteroatoms. The Balaban J connectivity index is 2.34. The monoisotopic (exact) mass is 127 g/mol. The van der Waals surface area contributed by atoms with Crippen molar-refractivity contribution in [2.45, 2.75) is 18.4 Å². The van der Waals surface area contributed by atoms with E-state index in [2.05, 4.69) is 4.74 Å². The molecule has 1 aliphatic rings. The van der Waals surface area contributed by atoms with Gasteiger partial charge >= 0.3 is 5.97 Å². The quantitative estimate of drug-likeness (QED) is 0.519. The largest absolute Gasteiger partial charge is 0.464 e. The minimum Gasteiger partial charge on any atom is -0.464 e. The van der Waals surface area contributed by atoms with Crippen molar-refractivity contribution in [2.24, 2.45) is 5.73 Å². The maximum atomic E-state index is 10.7. The highest BCUT2D eigenvalue weighted by Gasteiger charge is 2.47. The summed E-state index contributed by atoms with van der Waals surface area (Å²) in [5.41, 5.74) is 4.76. The van der Waals surface area contributed by atoms with Gasteiger partial charge in [-0.1, -0.05) is 0 Å². The smallest absolute Gasteiger partial charge is 0.326 e. The van der Waals surface area contributed by atoms with Gasteiger partial charge < -0.3 is 10.5 Å². The van der Waals surface area contributed by atoms with Crippen molar-refractivity contribution in [2.75, 3.05) is 6.61 Å². The van der Waals surface area contributed by atoms with E-state index >= 15 is 0 Å². The van der Waals surface area contributed by atoms with Crippen molar-refractivity contribution in [3.05, 3.63) is 6.92 Å². The number of carbonyl (C=O) groups is 1. The molecule has 3 nitrogen and oxygen atoms in total. The molecular formula is C6H9NO2. The number of esters is 1. The van der Waals surface area contributed by atoms with E-state index in [0.29, 0.717) is 0 Å². The Morgan fingerprint density at radius 2 is 2.33 bits per heavy atom.